The van der Waals surface area contributed by atoms with E-state index in [1.54, 1.807) is 11.3 Å². The maximum Gasteiger partial charge on any atom is 0.306 e. The maximum absolute atomic E-state index is 11.0. The highest BCUT2D eigenvalue weighted by Gasteiger charge is 2.27. The van der Waals surface area contributed by atoms with E-state index in [1.165, 1.54) is 4.88 Å². The molecule has 0 aromatic carbocycles. The van der Waals surface area contributed by atoms with Crippen LogP contribution in [0.3, 0.4) is 0 Å². The maximum atomic E-state index is 11.0. The number of hydrogen-bond donors (Lipinski definition) is 2. The fraction of sp³-hybridized carbons (Fsp3) is 0.615. The van der Waals surface area contributed by atoms with E-state index in [0.29, 0.717) is 12.1 Å². The molecule has 1 aliphatic rings. The molecule has 1 aliphatic carbocycles. The zero-order valence-corrected chi connectivity index (χ0v) is 10.9. The minimum Gasteiger partial charge on any atom is -0.481 e. The van der Waals surface area contributed by atoms with Crippen LogP contribution in [0.5, 0.6) is 0 Å². The van der Waals surface area contributed by atoms with Crippen LogP contribution in [0.25, 0.3) is 0 Å². The smallest absolute Gasteiger partial charge is 0.306 e. The van der Waals surface area contributed by atoms with Crippen molar-refractivity contribution in [2.75, 3.05) is 0 Å². The van der Waals surface area contributed by atoms with Gasteiger partial charge in [0.1, 0.15) is 0 Å². The van der Waals surface area contributed by atoms with Crippen molar-refractivity contribution in [3.05, 3.63) is 22.4 Å². The van der Waals surface area contributed by atoms with Gasteiger partial charge in [0.25, 0.3) is 0 Å². The lowest BCUT2D eigenvalue weighted by Crippen LogP contribution is -2.37. The molecule has 1 heterocycles. The fourth-order valence-electron chi connectivity index (χ4n) is 2.54. The SMILES string of the molecule is CC(NC1CCCC(C(=O)O)C1)c1cccs1. The zero-order chi connectivity index (χ0) is 12.3. The monoisotopic (exact) mass is 253 g/mol. The molecule has 3 atom stereocenters. The van der Waals surface area contributed by atoms with Gasteiger partial charge < -0.3 is 10.4 Å². The number of rotatable bonds is 4. The molecule has 0 aliphatic heterocycles. The van der Waals surface area contributed by atoms with E-state index in [9.17, 15) is 4.79 Å². The van der Waals surface area contributed by atoms with Crippen LogP contribution in [0.2, 0.25) is 0 Å². The summed E-state index contributed by atoms with van der Waals surface area (Å²) in [5.74, 6) is -0.794. The quantitative estimate of drug-likeness (QED) is 0.867. The van der Waals surface area contributed by atoms with E-state index in [2.05, 4.69) is 29.8 Å². The van der Waals surface area contributed by atoms with Gasteiger partial charge in [0.15, 0.2) is 0 Å². The summed E-state index contributed by atoms with van der Waals surface area (Å²) >= 11 is 1.75. The Bertz CT molecular complexity index is 364. The van der Waals surface area contributed by atoms with Crippen LogP contribution in [0.1, 0.15) is 43.5 Å². The Morgan fingerprint density at radius 2 is 2.41 bits per heavy atom. The molecular formula is C13H19NO2S. The second-order valence-corrected chi connectivity index (χ2v) is 5.78. The molecule has 0 radical (unpaired) electrons. The highest BCUT2D eigenvalue weighted by Crippen LogP contribution is 2.27. The minimum absolute atomic E-state index is 0.156. The first-order valence-electron chi connectivity index (χ1n) is 6.19. The van der Waals surface area contributed by atoms with Gasteiger partial charge in [-0.15, -0.1) is 11.3 Å². The van der Waals surface area contributed by atoms with Crippen molar-refractivity contribution in [3.63, 3.8) is 0 Å². The zero-order valence-electron chi connectivity index (χ0n) is 10.1. The standard InChI is InChI=1S/C13H19NO2S/c1-9(12-6-3-7-17-12)14-11-5-2-4-10(8-11)13(15)16/h3,6-7,9-11,14H,2,4-5,8H2,1H3,(H,15,16). The predicted octanol–water partition coefficient (Wildman–Crippen LogP) is 3.04. The normalized spacial score (nSPS) is 26.6. The largest absolute Gasteiger partial charge is 0.481 e. The number of carboxylic acid groups (broad SMARTS) is 1. The number of carboxylic acids is 1. The van der Waals surface area contributed by atoms with E-state index in [-0.39, 0.29) is 5.92 Å². The molecule has 2 N–H and O–H groups in total. The molecular weight excluding hydrogens is 234 g/mol. The Hall–Kier alpha value is -0.870. The van der Waals surface area contributed by atoms with Crippen molar-refractivity contribution in [1.29, 1.82) is 0 Å². The van der Waals surface area contributed by atoms with Crippen molar-refractivity contribution in [2.45, 2.75) is 44.7 Å². The average molecular weight is 253 g/mol. The third-order valence-corrected chi connectivity index (χ3v) is 4.53. The number of carbonyl (C=O) groups is 1. The second-order valence-electron chi connectivity index (χ2n) is 4.80. The van der Waals surface area contributed by atoms with E-state index in [4.69, 9.17) is 5.11 Å². The molecule has 2 rings (SSSR count). The molecule has 1 aromatic heterocycles. The van der Waals surface area contributed by atoms with Gasteiger partial charge in [0, 0.05) is 17.0 Å². The number of thiophene rings is 1. The summed E-state index contributed by atoms with van der Waals surface area (Å²) in [7, 11) is 0. The van der Waals surface area contributed by atoms with Crippen LogP contribution in [-0.2, 0) is 4.79 Å². The molecule has 0 bridgehead atoms. The third-order valence-electron chi connectivity index (χ3n) is 3.48. The van der Waals surface area contributed by atoms with Gasteiger partial charge in [-0.05, 0) is 37.6 Å². The predicted molar refractivity (Wildman–Crippen MR) is 69.3 cm³/mol. The highest BCUT2D eigenvalue weighted by molar-refractivity contribution is 7.10. The Kier molecular flexibility index (Phi) is 4.18. The molecule has 1 fully saturated rings. The summed E-state index contributed by atoms with van der Waals surface area (Å²) in [6, 6.07) is 4.85. The lowest BCUT2D eigenvalue weighted by atomic mass is 9.85. The first kappa shape index (κ1) is 12.6. The van der Waals surface area contributed by atoms with Crippen LogP contribution in [-0.4, -0.2) is 17.1 Å². The van der Waals surface area contributed by atoms with Gasteiger partial charge in [-0.25, -0.2) is 0 Å². The summed E-state index contributed by atoms with van der Waals surface area (Å²) in [5.41, 5.74) is 0. The van der Waals surface area contributed by atoms with Gasteiger partial charge in [-0.2, -0.15) is 0 Å². The average Bonchev–Trinajstić information content (AvgIpc) is 2.82. The number of nitrogens with one attached hydrogen (secondary N) is 1. The lowest BCUT2D eigenvalue weighted by Gasteiger charge is -2.29. The summed E-state index contributed by atoms with van der Waals surface area (Å²) < 4.78 is 0. The first-order valence-corrected chi connectivity index (χ1v) is 7.07. The van der Waals surface area contributed by atoms with E-state index in [1.807, 2.05) is 0 Å². The minimum atomic E-state index is -0.639. The van der Waals surface area contributed by atoms with Gasteiger partial charge >= 0.3 is 5.97 Å². The van der Waals surface area contributed by atoms with Gasteiger partial charge in [-0.1, -0.05) is 12.5 Å². The van der Waals surface area contributed by atoms with Crippen molar-refractivity contribution < 1.29 is 9.90 Å². The molecule has 94 valence electrons. The summed E-state index contributed by atoms with van der Waals surface area (Å²) in [6.07, 6.45) is 3.72. The van der Waals surface area contributed by atoms with Crippen LogP contribution >= 0.6 is 11.3 Å². The molecule has 1 saturated carbocycles. The van der Waals surface area contributed by atoms with Crippen molar-refractivity contribution >= 4 is 17.3 Å². The Morgan fingerprint density at radius 1 is 1.59 bits per heavy atom. The van der Waals surface area contributed by atoms with Crippen LogP contribution in [0.4, 0.5) is 0 Å². The Morgan fingerprint density at radius 3 is 3.06 bits per heavy atom. The van der Waals surface area contributed by atoms with E-state index >= 15 is 0 Å². The molecule has 17 heavy (non-hydrogen) atoms. The number of aliphatic carboxylic acids is 1. The molecule has 3 nitrogen and oxygen atoms in total. The van der Waals surface area contributed by atoms with Gasteiger partial charge in [-0.3, -0.25) is 4.79 Å². The van der Waals surface area contributed by atoms with Gasteiger partial charge in [0.2, 0.25) is 0 Å². The summed E-state index contributed by atoms with van der Waals surface area (Å²) in [6.45, 7) is 2.15. The second kappa shape index (κ2) is 5.65. The van der Waals surface area contributed by atoms with E-state index in [0.717, 1.165) is 25.7 Å². The van der Waals surface area contributed by atoms with Crippen molar-refractivity contribution in [3.8, 4) is 0 Å². The van der Waals surface area contributed by atoms with Crippen molar-refractivity contribution in [2.24, 2.45) is 5.92 Å². The first-order chi connectivity index (χ1) is 8.16. The lowest BCUT2D eigenvalue weighted by molar-refractivity contribution is -0.143. The van der Waals surface area contributed by atoms with Crippen molar-refractivity contribution in [1.82, 2.24) is 5.32 Å². The van der Waals surface area contributed by atoms with E-state index < -0.39 is 5.97 Å². The third kappa shape index (κ3) is 3.30. The molecule has 0 spiro atoms. The molecule has 3 unspecified atom stereocenters. The number of hydrogen-bond acceptors (Lipinski definition) is 3. The van der Waals surface area contributed by atoms with Crippen LogP contribution in [0.15, 0.2) is 17.5 Å². The molecule has 0 amide bonds. The molecule has 0 saturated heterocycles. The Balaban J connectivity index is 1.88. The topological polar surface area (TPSA) is 49.3 Å². The highest BCUT2D eigenvalue weighted by atomic mass is 32.1. The fourth-order valence-corrected chi connectivity index (χ4v) is 3.28. The van der Waals surface area contributed by atoms with Gasteiger partial charge in [0.05, 0.1) is 5.92 Å². The summed E-state index contributed by atoms with van der Waals surface area (Å²) in [4.78, 5) is 12.3. The van der Waals surface area contributed by atoms with Crippen LogP contribution in [0, 0.1) is 5.92 Å². The molecule has 1 aromatic rings. The molecule has 4 heteroatoms. The summed E-state index contributed by atoms with van der Waals surface area (Å²) in [5, 5.41) is 14.7. The Labute approximate surface area is 106 Å². The van der Waals surface area contributed by atoms with Crippen LogP contribution < -0.4 is 5.32 Å².